The fourth-order valence-electron chi connectivity index (χ4n) is 2.91. The molecule has 2 heterocycles. The lowest BCUT2D eigenvalue weighted by atomic mass is 10.2. The molecule has 0 spiro atoms. The summed E-state index contributed by atoms with van der Waals surface area (Å²) in [4.78, 5) is 4.78. The van der Waals surface area contributed by atoms with E-state index in [1.165, 1.54) is 24.3 Å². The summed E-state index contributed by atoms with van der Waals surface area (Å²) in [6, 6.07) is 10.7. The Labute approximate surface area is 170 Å². The maximum atomic E-state index is 11.4. The van der Waals surface area contributed by atoms with Crippen LogP contribution in [-0.2, 0) is 23.0 Å². The van der Waals surface area contributed by atoms with Gasteiger partial charge >= 0.3 is 0 Å². The van der Waals surface area contributed by atoms with Gasteiger partial charge in [-0.25, -0.2) is 18.5 Å². The summed E-state index contributed by atoms with van der Waals surface area (Å²) < 4.78 is 28.1. The summed E-state index contributed by atoms with van der Waals surface area (Å²) in [6.07, 6.45) is 4.79. The molecule has 9 heteroatoms. The second-order valence-electron chi connectivity index (χ2n) is 6.67. The molecule has 1 atom stereocenters. The van der Waals surface area contributed by atoms with Gasteiger partial charge in [0.2, 0.25) is 10.0 Å². The van der Waals surface area contributed by atoms with Crippen molar-refractivity contribution in [2.45, 2.75) is 36.7 Å². The Morgan fingerprint density at radius 2 is 2.11 bits per heavy atom. The van der Waals surface area contributed by atoms with Crippen LogP contribution in [0.15, 0.2) is 57.0 Å². The summed E-state index contributed by atoms with van der Waals surface area (Å²) in [5.74, 6) is 3.97. The lowest BCUT2D eigenvalue weighted by Crippen LogP contribution is -2.46. The number of nitrogens with one attached hydrogen (secondary N) is 2. The van der Waals surface area contributed by atoms with Gasteiger partial charge in [0.15, 0.2) is 5.96 Å². The summed E-state index contributed by atoms with van der Waals surface area (Å²) in [5.41, 5.74) is 0.914. The van der Waals surface area contributed by atoms with Crippen molar-refractivity contribution in [2.75, 3.05) is 18.1 Å². The first-order valence-electron chi connectivity index (χ1n) is 9.27. The van der Waals surface area contributed by atoms with Crippen molar-refractivity contribution in [2.24, 2.45) is 10.1 Å². The van der Waals surface area contributed by atoms with Crippen LogP contribution in [0.25, 0.3) is 0 Å². The Morgan fingerprint density at radius 1 is 1.29 bits per heavy atom. The summed E-state index contributed by atoms with van der Waals surface area (Å²) in [7, 11) is -3.68. The van der Waals surface area contributed by atoms with Gasteiger partial charge in [-0.3, -0.25) is 0 Å². The van der Waals surface area contributed by atoms with Crippen molar-refractivity contribution in [3.8, 4) is 0 Å². The third-order valence-electron chi connectivity index (χ3n) is 4.42. The molecular weight excluding hydrogens is 396 g/mol. The van der Waals surface area contributed by atoms with Gasteiger partial charge in [0.25, 0.3) is 0 Å². The van der Waals surface area contributed by atoms with Gasteiger partial charge in [-0.15, -0.1) is 0 Å². The first-order chi connectivity index (χ1) is 13.5. The highest BCUT2D eigenvalue weighted by Crippen LogP contribution is 2.17. The Morgan fingerprint density at radius 3 is 2.75 bits per heavy atom. The highest BCUT2D eigenvalue weighted by atomic mass is 32.2. The zero-order valence-corrected chi connectivity index (χ0v) is 17.3. The number of thioether (sulfide) groups is 1. The van der Waals surface area contributed by atoms with Crippen molar-refractivity contribution in [1.82, 2.24) is 10.6 Å². The largest absolute Gasteiger partial charge is 0.469 e. The third kappa shape index (κ3) is 6.57. The maximum Gasteiger partial charge on any atom is 0.238 e. The van der Waals surface area contributed by atoms with Crippen LogP contribution >= 0.6 is 11.8 Å². The lowest BCUT2D eigenvalue weighted by molar-refractivity contribution is 0.505. The Bertz CT molecular complexity index is 859. The molecule has 3 rings (SSSR count). The van der Waals surface area contributed by atoms with E-state index in [2.05, 4.69) is 15.6 Å². The molecule has 1 aromatic carbocycles. The fraction of sp³-hybridized carbons (Fsp3) is 0.421. The summed E-state index contributed by atoms with van der Waals surface area (Å²) in [6.45, 7) is 1.16. The average molecular weight is 423 g/mol. The predicted octanol–water partition coefficient (Wildman–Crippen LogP) is 2.10. The van der Waals surface area contributed by atoms with Crippen LogP contribution in [-0.4, -0.2) is 38.5 Å². The predicted molar refractivity (Wildman–Crippen MR) is 113 cm³/mol. The van der Waals surface area contributed by atoms with E-state index in [1.807, 2.05) is 23.9 Å². The lowest BCUT2D eigenvalue weighted by Gasteiger charge is -2.24. The zero-order valence-electron chi connectivity index (χ0n) is 15.6. The minimum absolute atomic E-state index is 0.106. The first-order valence-corrected chi connectivity index (χ1v) is 12.0. The monoisotopic (exact) mass is 422 g/mol. The highest BCUT2D eigenvalue weighted by Gasteiger charge is 2.15. The molecule has 7 nitrogen and oxygen atoms in total. The van der Waals surface area contributed by atoms with E-state index in [9.17, 15) is 8.42 Å². The van der Waals surface area contributed by atoms with Crippen molar-refractivity contribution in [3.63, 3.8) is 0 Å². The van der Waals surface area contributed by atoms with Gasteiger partial charge < -0.3 is 15.1 Å². The molecule has 2 aromatic rings. The minimum atomic E-state index is -3.68. The molecule has 0 radical (unpaired) electrons. The average Bonchev–Trinajstić information content (AvgIpc) is 3.20. The Hall–Kier alpha value is -1.97. The van der Waals surface area contributed by atoms with E-state index in [0.717, 1.165) is 35.9 Å². The molecule has 1 saturated heterocycles. The van der Waals surface area contributed by atoms with E-state index in [-0.39, 0.29) is 4.90 Å². The smallest absolute Gasteiger partial charge is 0.238 e. The molecule has 1 unspecified atom stereocenters. The maximum absolute atomic E-state index is 11.4. The zero-order chi connectivity index (χ0) is 19.8. The number of rotatable bonds is 7. The highest BCUT2D eigenvalue weighted by molar-refractivity contribution is 7.99. The van der Waals surface area contributed by atoms with Gasteiger partial charge in [-0.1, -0.05) is 12.1 Å². The van der Waals surface area contributed by atoms with Crippen molar-refractivity contribution < 1.29 is 12.8 Å². The number of nitrogens with two attached hydrogens (primary N) is 1. The Kier molecular flexibility index (Phi) is 7.41. The van der Waals surface area contributed by atoms with E-state index in [4.69, 9.17) is 9.56 Å². The van der Waals surface area contributed by atoms with Crippen LogP contribution in [0.1, 0.15) is 24.2 Å². The standard InChI is InChI=1S/C19H26N4O3S2/c20-28(24,25)18-7-5-15(6-8-18)13-22-19(23-16-3-2-12-27-14-16)21-10-9-17-4-1-11-26-17/h1,4-8,11,16H,2-3,9-10,12-14H2,(H2,20,24,25)(H2,21,22,23). The van der Waals surface area contributed by atoms with Gasteiger partial charge in [0.1, 0.15) is 5.76 Å². The van der Waals surface area contributed by atoms with Crippen LogP contribution in [0.2, 0.25) is 0 Å². The molecule has 0 saturated carbocycles. The molecule has 28 heavy (non-hydrogen) atoms. The van der Waals surface area contributed by atoms with Crippen LogP contribution < -0.4 is 15.8 Å². The molecule has 1 aliphatic heterocycles. The van der Waals surface area contributed by atoms with Gasteiger partial charge in [0, 0.05) is 24.8 Å². The normalized spacial score (nSPS) is 18.0. The van der Waals surface area contributed by atoms with E-state index in [1.54, 1.807) is 18.4 Å². The Balaban J connectivity index is 1.61. The second-order valence-corrected chi connectivity index (χ2v) is 9.38. The molecule has 4 N–H and O–H groups in total. The number of nitrogens with zero attached hydrogens (tertiary/aromatic N) is 1. The van der Waals surface area contributed by atoms with E-state index < -0.39 is 10.0 Å². The molecule has 1 aliphatic rings. The molecular formula is C19H26N4O3S2. The molecule has 1 aromatic heterocycles. The minimum Gasteiger partial charge on any atom is -0.469 e. The molecule has 0 aliphatic carbocycles. The number of furan rings is 1. The number of sulfonamides is 1. The van der Waals surface area contributed by atoms with Crippen LogP contribution in [0.3, 0.4) is 0 Å². The topological polar surface area (TPSA) is 110 Å². The van der Waals surface area contributed by atoms with Gasteiger partial charge in [-0.05, 0) is 48.4 Å². The van der Waals surface area contributed by atoms with Gasteiger partial charge in [-0.2, -0.15) is 11.8 Å². The number of guanidine groups is 1. The first kappa shape index (κ1) is 20.8. The molecule has 0 amide bonds. The van der Waals surface area contributed by atoms with Gasteiger partial charge in [0.05, 0.1) is 17.7 Å². The van der Waals surface area contributed by atoms with Crippen molar-refractivity contribution in [3.05, 3.63) is 54.0 Å². The third-order valence-corrected chi connectivity index (χ3v) is 6.56. The van der Waals surface area contributed by atoms with Crippen LogP contribution in [0, 0.1) is 0 Å². The molecule has 0 bridgehead atoms. The number of benzene rings is 1. The number of hydrogen-bond donors (Lipinski definition) is 3. The quantitative estimate of drug-likeness (QED) is 0.466. The number of primary sulfonamides is 1. The second kappa shape index (κ2) is 9.99. The van der Waals surface area contributed by atoms with E-state index >= 15 is 0 Å². The van der Waals surface area contributed by atoms with Crippen LogP contribution in [0.5, 0.6) is 0 Å². The fourth-order valence-corrected chi connectivity index (χ4v) is 4.50. The molecule has 1 fully saturated rings. The summed E-state index contributed by atoms with van der Waals surface area (Å²) in [5, 5.41) is 12.0. The van der Waals surface area contributed by atoms with Crippen molar-refractivity contribution in [1.29, 1.82) is 0 Å². The van der Waals surface area contributed by atoms with Crippen LogP contribution in [0.4, 0.5) is 0 Å². The van der Waals surface area contributed by atoms with E-state index in [0.29, 0.717) is 19.1 Å². The SMILES string of the molecule is NS(=O)(=O)c1ccc(CN=C(NCCc2ccco2)NC2CCCSC2)cc1. The number of aliphatic imine (C=N–C) groups is 1. The molecule has 152 valence electrons. The van der Waals surface area contributed by atoms with Crippen molar-refractivity contribution >= 4 is 27.7 Å². The summed E-state index contributed by atoms with van der Waals surface area (Å²) >= 11 is 1.96. The number of hydrogen-bond acceptors (Lipinski definition) is 5.